The maximum Gasteiger partial charge on any atom is 0.119 e. The van der Waals surface area contributed by atoms with E-state index in [1.54, 1.807) is 7.11 Å². The van der Waals surface area contributed by atoms with Crippen LogP contribution in [-0.4, -0.2) is 19.2 Å². The van der Waals surface area contributed by atoms with Crippen LogP contribution < -0.4 is 10.1 Å². The molecule has 0 bridgehead atoms. The number of ether oxygens (including phenoxy) is 1. The van der Waals surface area contributed by atoms with Gasteiger partial charge in [-0.3, -0.25) is 0 Å². The second-order valence-corrected chi connectivity index (χ2v) is 5.38. The van der Waals surface area contributed by atoms with Crippen molar-refractivity contribution in [3.63, 3.8) is 0 Å². The summed E-state index contributed by atoms with van der Waals surface area (Å²) in [7, 11) is 1.74. The number of nitrogens with one attached hydrogen (secondary N) is 1. The van der Waals surface area contributed by atoms with Gasteiger partial charge in [-0.25, -0.2) is 0 Å². The highest BCUT2D eigenvalue weighted by atomic mass is 16.5. The summed E-state index contributed by atoms with van der Waals surface area (Å²) in [6.07, 6.45) is 10.6. The van der Waals surface area contributed by atoms with E-state index in [1.807, 2.05) is 0 Å². The molecular formula is C16H21NO. The molecule has 3 rings (SSSR count). The van der Waals surface area contributed by atoms with Crippen LogP contribution in [0.2, 0.25) is 0 Å². The van der Waals surface area contributed by atoms with Crippen molar-refractivity contribution in [2.45, 2.75) is 44.2 Å². The number of methoxy groups -OCH3 is 1. The van der Waals surface area contributed by atoms with E-state index >= 15 is 0 Å². The summed E-state index contributed by atoms with van der Waals surface area (Å²) < 4.78 is 5.32. The molecule has 2 aliphatic carbocycles. The predicted octanol–water partition coefficient (Wildman–Crippen LogP) is 2.86. The Kier molecular flexibility index (Phi) is 3.37. The van der Waals surface area contributed by atoms with Crippen LogP contribution in [0.3, 0.4) is 0 Å². The molecule has 96 valence electrons. The maximum absolute atomic E-state index is 5.32. The van der Waals surface area contributed by atoms with Gasteiger partial charge < -0.3 is 10.1 Å². The Balaban J connectivity index is 1.67. The van der Waals surface area contributed by atoms with Gasteiger partial charge >= 0.3 is 0 Å². The van der Waals surface area contributed by atoms with E-state index in [2.05, 4.69) is 35.7 Å². The molecule has 2 heteroatoms. The minimum Gasteiger partial charge on any atom is -0.497 e. The zero-order chi connectivity index (χ0) is 12.4. The monoisotopic (exact) mass is 243 g/mol. The Bertz CT molecular complexity index is 444. The van der Waals surface area contributed by atoms with Gasteiger partial charge in [-0.1, -0.05) is 18.2 Å². The molecule has 1 N–H and O–H groups in total. The average Bonchev–Trinajstić information content (AvgIpc) is 2.90. The molecule has 1 aromatic rings. The van der Waals surface area contributed by atoms with Gasteiger partial charge in [0.05, 0.1) is 7.11 Å². The molecule has 0 spiro atoms. The highest BCUT2D eigenvalue weighted by molar-refractivity contribution is 5.37. The predicted molar refractivity (Wildman–Crippen MR) is 74.1 cm³/mol. The van der Waals surface area contributed by atoms with E-state index in [0.717, 1.165) is 12.2 Å². The topological polar surface area (TPSA) is 21.3 Å². The highest BCUT2D eigenvalue weighted by Gasteiger charge is 2.21. The summed E-state index contributed by atoms with van der Waals surface area (Å²) in [6.45, 7) is 0. The maximum atomic E-state index is 5.32. The second kappa shape index (κ2) is 5.15. The first-order valence-electron chi connectivity index (χ1n) is 6.92. The molecule has 18 heavy (non-hydrogen) atoms. The fourth-order valence-corrected chi connectivity index (χ4v) is 3.09. The van der Waals surface area contributed by atoms with Gasteiger partial charge in [0.1, 0.15) is 5.75 Å². The largest absolute Gasteiger partial charge is 0.497 e. The Morgan fingerprint density at radius 3 is 2.72 bits per heavy atom. The molecule has 0 saturated heterocycles. The summed E-state index contributed by atoms with van der Waals surface area (Å²) in [5.41, 5.74) is 2.96. The van der Waals surface area contributed by atoms with Crippen molar-refractivity contribution in [2.75, 3.05) is 7.11 Å². The standard InChI is InChI=1S/C16H21NO/c1-18-16-9-7-12-6-8-15(10-13(12)11-16)17-14-4-2-3-5-14/h2-3,7,9,11,14-15,17H,4-6,8,10H2,1H3. The molecule has 0 amide bonds. The molecule has 1 unspecified atom stereocenters. The molecule has 2 nitrogen and oxygen atoms in total. The molecule has 0 saturated carbocycles. The lowest BCUT2D eigenvalue weighted by molar-refractivity contribution is 0.395. The highest BCUT2D eigenvalue weighted by Crippen LogP contribution is 2.26. The van der Waals surface area contributed by atoms with Crippen LogP contribution in [0.5, 0.6) is 5.75 Å². The first-order chi connectivity index (χ1) is 8.85. The van der Waals surface area contributed by atoms with E-state index in [4.69, 9.17) is 4.74 Å². The van der Waals surface area contributed by atoms with E-state index < -0.39 is 0 Å². The molecule has 1 atom stereocenters. The van der Waals surface area contributed by atoms with Crippen molar-refractivity contribution in [2.24, 2.45) is 0 Å². The van der Waals surface area contributed by atoms with Crippen LogP contribution >= 0.6 is 0 Å². The SMILES string of the molecule is COc1ccc2c(c1)CC(NC1CC=CC1)CC2. The average molecular weight is 243 g/mol. The molecule has 1 aromatic carbocycles. The second-order valence-electron chi connectivity index (χ2n) is 5.38. The number of fused-ring (bicyclic) bond motifs is 1. The quantitative estimate of drug-likeness (QED) is 0.824. The van der Waals surface area contributed by atoms with Gasteiger partial charge in [-0.2, -0.15) is 0 Å². The molecule has 0 aromatic heterocycles. The summed E-state index contributed by atoms with van der Waals surface area (Å²) >= 11 is 0. The third kappa shape index (κ3) is 2.44. The number of hydrogen-bond acceptors (Lipinski definition) is 2. The Morgan fingerprint density at radius 1 is 1.11 bits per heavy atom. The zero-order valence-electron chi connectivity index (χ0n) is 11.0. The van der Waals surface area contributed by atoms with Crippen LogP contribution in [0.1, 0.15) is 30.4 Å². The van der Waals surface area contributed by atoms with Crippen molar-refractivity contribution in [1.82, 2.24) is 5.32 Å². The first kappa shape index (κ1) is 11.8. The summed E-state index contributed by atoms with van der Waals surface area (Å²) in [6, 6.07) is 7.81. The van der Waals surface area contributed by atoms with E-state index in [-0.39, 0.29) is 0 Å². The van der Waals surface area contributed by atoms with E-state index in [9.17, 15) is 0 Å². The fourth-order valence-electron chi connectivity index (χ4n) is 3.09. The van der Waals surface area contributed by atoms with Gasteiger partial charge in [0.15, 0.2) is 0 Å². The first-order valence-corrected chi connectivity index (χ1v) is 6.92. The number of hydrogen-bond donors (Lipinski definition) is 1. The van der Waals surface area contributed by atoms with Crippen LogP contribution in [0.15, 0.2) is 30.4 Å². The summed E-state index contributed by atoms with van der Waals surface area (Å²) in [5, 5.41) is 3.79. The van der Waals surface area contributed by atoms with Gasteiger partial charge in [0.2, 0.25) is 0 Å². The van der Waals surface area contributed by atoms with Crippen LogP contribution in [0.4, 0.5) is 0 Å². The summed E-state index contributed by atoms with van der Waals surface area (Å²) in [4.78, 5) is 0. The third-order valence-corrected chi connectivity index (χ3v) is 4.12. The molecule has 0 aliphatic heterocycles. The lowest BCUT2D eigenvalue weighted by Gasteiger charge is -2.28. The number of benzene rings is 1. The molecular weight excluding hydrogens is 222 g/mol. The summed E-state index contributed by atoms with van der Waals surface area (Å²) in [5.74, 6) is 0.983. The van der Waals surface area contributed by atoms with E-state index in [0.29, 0.717) is 12.1 Å². The van der Waals surface area contributed by atoms with Gasteiger partial charge in [0, 0.05) is 12.1 Å². The number of rotatable bonds is 3. The van der Waals surface area contributed by atoms with Crippen molar-refractivity contribution < 1.29 is 4.74 Å². The van der Waals surface area contributed by atoms with Crippen LogP contribution in [-0.2, 0) is 12.8 Å². The van der Waals surface area contributed by atoms with Gasteiger partial charge in [0.25, 0.3) is 0 Å². The van der Waals surface area contributed by atoms with Crippen molar-refractivity contribution in [3.8, 4) is 5.75 Å². The van der Waals surface area contributed by atoms with Gasteiger partial charge in [-0.05, 0) is 55.4 Å². The van der Waals surface area contributed by atoms with Crippen molar-refractivity contribution in [3.05, 3.63) is 41.5 Å². The van der Waals surface area contributed by atoms with Crippen LogP contribution in [0.25, 0.3) is 0 Å². The Morgan fingerprint density at radius 2 is 1.94 bits per heavy atom. The smallest absolute Gasteiger partial charge is 0.119 e. The van der Waals surface area contributed by atoms with E-state index in [1.165, 1.54) is 36.8 Å². The van der Waals surface area contributed by atoms with Crippen molar-refractivity contribution >= 4 is 0 Å². The normalized spacial score (nSPS) is 23.1. The molecule has 0 fully saturated rings. The Hall–Kier alpha value is -1.28. The minimum absolute atomic E-state index is 0.634. The minimum atomic E-state index is 0.634. The third-order valence-electron chi connectivity index (χ3n) is 4.12. The Labute approximate surface area is 109 Å². The molecule has 2 aliphatic rings. The lowest BCUT2D eigenvalue weighted by Crippen LogP contribution is -2.40. The molecule has 0 radical (unpaired) electrons. The lowest BCUT2D eigenvalue weighted by atomic mass is 9.87. The van der Waals surface area contributed by atoms with Crippen LogP contribution in [0, 0.1) is 0 Å². The van der Waals surface area contributed by atoms with Crippen molar-refractivity contribution in [1.29, 1.82) is 0 Å². The fraction of sp³-hybridized carbons (Fsp3) is 0.500. The van der Waals surface area contributed by atoms with Gasteiger partial charge in [-0.15, -0.1) is 0 Å². The molecule has 0 heterocycles. The number of aryl methyl sites for hydroxylation is 1. The zero-order valence-corrected chi connectivity index (χ0v) is 11.0.